The lowest BCUT2D eigenvalue weighted by atomic mass is 9.73. The van der Waals surface area contributed by atoms with Crippen molar-refractivity contribution in [3.63, 3.8) is 0 Å². The van der Waals surface area contributed by atoms with Gasteiger partial charge in [-0.1, -0.05) is 105 Å². The second-order valence-electron chi connectivity index (χ2n) is 7.91. The number of rotatable bonds is 14. The Morgan fingerprint density at radius 2 is 1.09 bits per heavy atom. The second kappa shape index (κ2) is 14.5. The second-order valence-corrected chi connectivity index (χ2v) is 7.91. The van der Waals surface area contributed by atoms with Crippen molar-refractivity contribution in [3.8, 4) is 0 Å². The number of hydrogen-bond acceptors (Lipinski definition) is 1. The first-order chi connectivity index (χ1) is 9.92. The molecular weight excluding hydrogens is 270 g/mol. The first-order valence-electron chi connectivity index (χ1n) is 9.68. The first kappa shape index (κ1) is 24.2. The van der Waals surface area contributed by atoms with E-state index in [1.807, 2.05) is 0 Å². The van der Waals surface area contributed by atoms with E-state index in [2.05, 4.69) is 34.6 Å². The molecule has 0 saturated heterocycles. The Hall–Kier alpha value is -0.0800. The van der Waals surface area contributed by atoms with Gasteiger partial charge in [0.1, 0.15) is 0 Å². The van der Waals surface area contributed by atoms with Gasteiger partial charge in [0.2, 0.25) is 0 Å². The first-order valence-corrected chi connectivity index (χ1v) is 9.68. The number of hydrogen-bond donors (Lipinski definition) is 1. The molecule has 0 aliphatic carbocycles. The van der Waals surface area contributed by atoms with E-state index in [4.69, 9.17) is 5.73 Å². The van der Waals surface area contributed by atoms with Crippen LogP contribution in [0.3, 0.4) is 0 Å². The van der Waals surface area contributed by atoms with Crippen LogP contribution >= 0.6 is 0 Å². The molecule has 0 radical (unpaired) electrons. The molecule has 0 aliphatic rings. The molecule has 2 nitrogen and oxygen atoms in total. The van der Waals surface area contributed by atoms with Crippen LogP contribution in [0.2, 0.25) is 0 Å². The van der Waals surface area contributed by atoms with Crippen molar-refractivity contribution >= 4 is 0 Å². The summed E-state index contributed by atoms with van der Waals surface area (Å²) >= 11 is 0. The van der Waals surface area contributed by atoms with Crippen LogP contribution in [-0.4, -0.2) is 11.5 Å². The largest absolute Gasteiger partial charge is 0.412 e. The van der Waals surface area contributed by atoms with Crippen LogP contribution in [-0.2, 0) is 0 Å². The molecule has 0 aromatic carbocycles. The van der Waals surface area contributed by atoms with Crippen molar-refractivity contribution in [1.82, 2.24) is 0 Å². The molecule has 0 heterocycles. The van der Waals surface area contributed by atoms with E-state index in [9.17, 15) is 0 Å². The van der Waals surface area contributed by atoms with Crippen molar-refractivity contribution in [2.75, 3.05) is 0 Å². The number of nitrogens with two attached hydrogens (primary N) is 1. The molecule has 2 heteroatoms. The Morgan fingerprint density at radius 1 is 0.727 bits per heavy atom. The van der Waals surface area contributed by atoms with Crippen molar-refractivity contribution in [2.24, 2.45) is 17.1 Å². The fourth-order valence-electron chi connectivity index (χ4n) is 2.83. The Kier molecular flexibility index (Phi) is 15.9. The fourth-order valence-corrected chi connectivity index (χ4v) is 2.83. The highest BCUT2D eigenvalue weighted by molar-refractivity contribution is 4.83. The lowest BCUT2D eigenvalue weighted by molar-refractivity contribution is 0.184. The van der Waals surface area contributed by atoms with Crippen LogP contribution in [0, 0.1) is 11.3 Å². The summed E-state index contributed by atoms with van der Waals surface area (Å²) in [6, 6.07) is 0.357. The molecule has 0 rings (SSSR count). The summed E-state index contributed by atoms with van der Waals surface area (Å²) in [6.45, 7) is 11.5. The zero-order valence-corrected chi connectivity index (χ0v) is 16.2. The van der Waals surface area contributed by atoms with Crippen molar-refractivity contribution in [1.29, 1.82) is 0 Å². The maximum Gasteiger partial charge on any atom is 0.00927 e. The Balaban J connectivity index is 0. The van der Waals surface area contributed by atoms with Gasteiger partial charge in [0, 0.05) is 6.04 Å². The van der Waals surface area contributed by atoms with E-state index in [0.717, 1.165) is 0 Å². The van der Waals surface area contributed by atoms with Gasteiger partial charge >= 0.3 is 0 Å². The maximum absolute atomic E-state index is 6.37. The average molecular weight is 316 g/mol. The summed E-state index contributed by atoms with van der Waals surface area (Å²) in [4.78, 5) is 0. The quantitative estimate of drug-likeness (QED) is 0.400. The predicted molar refractivity (Wildman–Crippen MR) is 101 cm³/mol. The van der Waals surface area contributed by atoms with Crippen molar-refractivity contribution in [2.45, 2.75) is 118 Å². The molecule has 0 saturated carbocycles. The molecule has 1 atom stereocenters. The van der Waals surface area contributed by atoms with Gasteiger partial charge in [0.05, 0.1) is 0 Å². The van der Waals surface area contributed by atoms with Gasteiger partial charge in [-0.3, -0.25) is 0 Å². The molecule has 0 spiro atoms. The summed E-state index contributed by atoms with van der Waals surface area (Å²) in [5.74, 6) is 0.667. The summed E-state index contributed by atoms with van der Waals surface area (Å²) in [6.07, 6.45) is 16.7. The third kappa shape index (κ3) is 11.5. The third-order valence-electron chi connectivity index (χ3n) is 5.56. The summed E-state index contributed by atoms with van der Waals surface area (Å²) in [5, 5.41) is 0. The Labute approximate surface area is 140 Å². The minimum absolute atomic E-state index is 0. The van der Waals surface area contributed by atoms with Crippen LogP contribution in [0.5, 0.6) is 0 Å². The number of unbranched alkanes of at least 4 members (excludes halogenated alkanes) is 10. The van der Waals surface area contributed by atoms with Crippen LogP contribution in [0.25, 0.3) is 0 Å². The van der Waals surface area contributed by atoms with Crippen LogP contribution in [0.15, 0.2) is 0 Å². The summed E-state index contributed by atoms with van der Waals surface area (Å²) in [5.41, 5.74) is 6.65. The smallest absolute Gasteiger partial charge is 0.00927 e. The minimum Gasteiger partial charge on any atom is -0.412 e. The highest BCUT2D eigenvalue weighted by atomic mass is 16.0. The standard InChI is InChI=1S/C20H43N.H2O/c1-6-7-8-9-10-11-12-13-14-15-16-17-19(21)20(4,5)18(2)3;/h18-19H,6-17,21H2,1-5H3;1H2. The Bertz CT molecular complexity index is 226. The molecule has 0 aromatic rings. The summed E-state index contributed by atoms with van der Waals surface area (Å²) < 4.78 is 0. The molecule has 136 valence electrons. The van der Waals surface area contributed by atoms with E-state index < -0.39 is 0 Å². The molecule has 0 fully saturated rings. The molecule has 0 bridgehead atoms. The molecular formula is C20H45NO. The van der Waals surface area contributed by atoms with Crippen molar-refractivity contribution < 1.29 is 5.48 Å². The van der Waals surface area contributed by atoms with Crippen LogP contribution < -0.4 is 5.73 Å². The van der Waals surface area contributed by atoms with Gasteiger partial charge in [-0.05, 0) is 17.8 Å². The van der Waals surface area contributed by atoms with E-state index in [1.165, 1.54) is 77.0 Å². The zero-order chi connectivity index (χ0) is 16.1. The van der Waals surface area contributed by atoms with Gasteiger partial charge in [0.15, 0.2) is 0 Å². The fraction of sp³-hybridized carbons (Fsp3) is 1.00. The SMILES string of the molecule is CCCCCCCCCCCCCC(N)C(C)(C)C(C)C.O. The lowest BCUT2D eigenvalue weighted by Crippen LogP contribution is -2.40. The van der Waals surface area contributed by atoms with Crippen LogP contribution in [0.1, 0.15) is 112 Å². The van der Waals surface area contributed by atoms with Gasteiger partial charge < -0.3 is 11.2 Å². The predicted octanol–water partition coefficient (Wildman–Crippen LogP) is 5.87. The normalized spacial score (nSPS) is 13.2. The highest BCUT2D eigenvalue weighted by Gasteiger charge is 2.29. The van der Waals surface area contributed by atoms with Gasteiger partial charge in [-0.15, -0.1) is 0 Å². The van der Waals surface area contributed by atoms with Gasteiger partial charge in [-0.2, -0.15) is 0 Å². The van der Waals surface area contributed by atoms with E-state index >= 15 is 0 Å². The molecule has 1 unspecified atom stereocenters. The molecule has 0 amide bonds. The zero-order valence-electron chi connectivity index (χ0n) is 16.2. The maximum atomic E-state index is 6.37. The van der Waals surface area contributed by atoms with Gasteiger partial charge in [0.25, 0.3) is 0 Å². The minimum atomic E-state index is 0. The van der Waals surface area contributed by atoms with E-state index in [0.29, 0.717) is 12.0 Å². The van der Waals surface area contributed by atoms with E-state index in [1.54, 1.807) is 0 Å². The highest BCUT2D eigenvalue weighted by Crippen LogP contribution is 2.31. The monoisotopic (exact) mass is 315 g/mol. The average Bonchev–Trinajstić information content (AvgIpc) is 2.44. The lowest BCUT2D eigenvalue weighted by Gasteiger charge is -2.35. The van der Waals surface area contributed by atoms with Crippen molar-refractivity contribution in [3.05, 3.63) is 0 Å². The van der Waals surface area contributed by atoms with Crippen LogP contribution in [0.4, 0.5) is 0 Å². The van der Waals surface area contributed by atoms with E-state index in [-0.39, 0.29) is 10.9 Å². The molecule has 0 aromatic heterocycles. The molecule has 4 N–H and O–H groups in total. The Morgan fingerprint density at radius 3 is 1.45 bits per heavy atom. The van der Waals surface area contributed by atoms with Gasteiger partial charge in [-0.25, -0.2) is 0 Å². The molecule has 22 heavy (non-hydrogen) atoms. The third-order valence-corrected chi connectivity index (χ3v) is 5.56. The topological polar surface area (TPSA) is 57.5 Å². The summed E-state index contributed by atoms with van der Waals surface area (Å²) in [7, 11) is 0. The molecule has 0 aliphatic heterocycles.